The molecule has 0 saturated heterocycles. The average molecular weight is 322 g/mol. The van der Waals surface area contributed by atoms with Crippen LogP contribution in [-0.2, 0) is 4.43 Å². The number of hydrogen-bond donors (Lipinski definition) is 0. The first-order valence-electron chi connectivity index (χ1n) is 8.04. The molecule has 0 amide bonds. The molecule has 3 nitrogen and oxygen atoms in total. The van der Waals surface area contributed by atoms with E-state index in [4.69, 9.17) is 4.43 Å². The number of hydrogen-bond acceptors (Lipinski definition) is 2. The van der Waals surface area contributed by atoms with Gasteiger partial charge >= 0.3 is 0 Å². The van der Waals surface area contributed by atoms with Crippen LogP contribution in [0.25, 0.3) is 0 Å². The fourth-order valence-corrected chi connectivity index (χ4v) is 2.87. The van der Waals surface area contributed by atoms with E-state index in [1.807, 2.05) is 30.3 Å². The number of benzene rings is 1. The van der Waals surface area contributed by atoms with Crippen LogP contribution in [0.1, 0.15) is 40.2 Å². The van der Waals surface area contributed by atoms with Gasteiger partial charge in [0.15, 0.2) is 20.6 Å². The summed E-state index contributed by atoms with van der Waals surface area (Å²) in [5, 5.41) is 12.7. The monoisotopic (exact) mass is 321 g/mol. The molecule has 124 valence electrons. The van der Waals surface area contributed by atoms with Crippen molar-refractivity contribution in [2.45, 2.75) is 58.8 Å². The van der Waals surface area contributed by atoms with Crippen LogP contribution < -0.4 is 0 Å². The van der Waals surface area contributed by atoms with Gasteiger partial charge in [-0.2, -0.15) is 0 Å². The molecule has 1 aromatic rings. The van der Waals surface area contributed by atoms with E-state index in [1.165, 1.54) is 0 Å². The molecule has 22 heavy (non-hydrogen) atoms. The standard InChI is InChI=1S/C18H31NO2Si/c1-15(2)17(14-21-22(6,7)18(3,4)5)19(20)13-16-11-9-8-10-12-16/h8-13,15,17H,14H2,1-7H3/b19-13-. The molecule has 0 aromatic heterocycles. The highest BCUT2D eigenvalue weighted by atomic mass is 28.4. The van der Waals surface area contributed by atoms with Crippen molar-refractivity contribution in [1.82, 2.24) is 0 Å². The van der Waals surface area contributed by atoms with E-state index < -0.39 is 8.32 Å². The summed E-state index contributed by atoms with van der Waals surface area (Å²) in [6.45, 7) is 15.7. The Bertz CT molecular complexity index is 490. The second-order valence-electron chi connectivity index (χ2n) is 7.78. The summed E-state index contributed by atoms with van der Waals surface area (Å²) in [7, 11) is -1.83. The van der Waals surface area contributed by atoms with Gasteiger partial charge in [0.1, 0.15) is 0 Å². The van der Waals surface area contributed by atoms with Crippen LogP contribution in [-0.4, -0.2) is 31.9 Å². The molecule has 0 N–H and O–H groups in total. The molecule has 1 rings (SSSR count). The van der Waals surface area contributed by atoms with Gasteiger partial charge in [-0.25, -0.2) is 4.74 Å². The molecule has 0 aliphatic rings. The Kier molecular flexibility index (Phi) is 6.38. The highest BCUT2D eigenvalue weighted by Crippen LogP contribution is 2.36. The summed E-state index contributed by atoms with van der Waals surface area (Å²) >= 11 is 0. The lowest BCUT2D eigenvalue weighted by molar-refractivity contribution is -0.508. The van der Waals surface area contributed by atoms with Gasteiger partial charge in [-0.15, -0.1) is 0 Å². The molecule has 0 radical (unpaired) electrons. The Balaban J connectivity index is 2.85. The third-order valence-corrected chi connectivity index (χ3v) is 9.09. The Morgan fingerprint density at radius 3 is 2.18 bits per heavy atom. The van der Waals surface area contributed by atoms with E-state index in [2.05, 4.69) is 47.7 Å². The van der Waals surface area contributed by atoms with Gasteiger partial charge in [-0.05, 0) is 30.3 Å². The normalized spacial score (nSPS) is 15.2. The Hall–Kier alpha value is -1.13. The van der Waals surface area contributed by atoms with Gasteiger partial charge in [-0.3, -0.25) is 0 Å². The van der Waals surface area contributed by atoms with Crippen LogP contribution in [0.15, 0.2) is 30.3 Å². The zero-order valence-electron chi connectivity index (χ0n) is 15.1. The van der Waals surface area contributed by atoms with Crippen molar-refractivity contribution < 1.29 is 9.16 Å². The second-order valence-corrected chi connectivity index (χ2v) is 12.6. The Morgan fingerprint density at radius 2 is 1.73 bits per heavy atom. The van der Waals surface area contributed by atoms with E-state index in [0.29, 0.717) is 6.61 Å². The molecule has 0 aliphatic heterocycles. The summed E-state index contributed by atoms with van der Waals surface area (Å²) in [5.41, 5.74) is 0.926. The zero-order valence-corrected chi connectivity index (χ0v) is 16.1. The van der Waals surface area contributed by atoms with Crippen LogP contribution in [0.5, 0.6) is 0 Å². The largest absolute Gasteiger partial charge is 0.624 e. The third-order valence-electron chi connectivity index (χ3n) is 4.59. The van der Waals surface area contributed by atoms with Gasteiger partial charge in [0.05, 0.1) is 6.61 Å². The maximum Gasteiger partial charge on any atom is 0.192 e. The molecule has 1 atom stereocenters. The fraction of sp³-hybridized carbons (Fsp3) is 0.611. The Labute approximate surface area is 136 Å². The van der Waals surface area contributed by atoms with Crippen LogP contribution in [0.3, 0.4) is 0 Å². The van der Waals surface area contributed by atoms with Crippen molar-refractivity contribution in [2.24, 2.45) is 5.92 Å². The van der Waals surface area contributed by atoms with E-state index in [1.54, 1.807) is 6.21 Å². The zero-order chi connectivity index (χ0) is 17.0. The molecule has 0 bridgehead atoms. The van der Waals surface area contributed by atoms with Gasteiger partial charge in [0, 0.05) is 11.5 Å². The molecular weight excluding hydrogens is 290 g/mol. The molecule has 4 heteroatoms. The van der Waals surface area contributed by atoms with Crippen LogP contribution in [0.4, 0.5) is 0 Å². The molecule has 1 unspecified atom stereocenters. The summed E-state index contributed by atoms with van der Waals surface area (Å²) in [4.78, 5) is 0. The number of hydroxylamine groups is 1. The first-order chi connectivity index (χ1) is 10.0. The number of nitrogens with zero attached hydrogens (tertiary/aromatic N) is 1. The van der Waals surface area contributed by atoms with Gasteiger partial charge in [0.25, 0.3) is 0 Å². The molecule has 0 fully saturated rings. The van der Waals surface area contributed by atoms with Crippen molar-refractivity contribution in [2.75, 3.05) is 6.61 Å². The van der Waals surface area contributed by atoms with E-state index >= 15 is 0 Å². The van der Waals surface area contributed by atoms with E-state index in [-0.39, 0.29) is 17.0 Å². The molecule has 0 heterocycles. The first kappa shape index (κ1) is 18.9. The maximum atomic E-state index is 12.5. The minimum atomic E-state index is -1.83. The minimum absolute atomic E-state index is 0.158. The topological polar surface area (TPSA) is 35.3 Å². The maximum absolute atomic E-state index is 12.5. The lowest BCUT2D eigenvalue weighted by atomic mass is 10.1. The summed E-state index contributed by atoms with van der Waals surface area (Å²) < 4.78 is 7.32. The van der Waals surface area contributed by atoms with Crippen molar-refractivity contribution in [3.05, 3.63) is 41.1 Å². The summed E-state index contributed by atoms with van der Waals surface area (Å²) in [6.07, 6.45) is 1.67. The predicted octanol–water partition coefficient (Wildman–Crippen LogP) is 4.66. The molecule has 1 aromatic carbocycles. The van der Waals surface area contributed by atoms with Gasteiger partial charge < -0.3 is 9.63 Å². The van der Waals surface area contributed by atoms with Crippen molar-refractivity contribution >= 4 is 14.5 Å². The third kappa shape index (κ3) is 5.25. The van der Waals surface area contributed by atoms with E-state index in [0.717, 1.165) is 10.3 Å². The first-order valence-corrected chi connectivity index (χ1v) is 10.9. The van der Waals surface area contributed by atoms with Crippen molar-refractivity contribution in [3.8, 4) is 0 Å². The van der Waals surface area contributed by atoms with Gasteiger partial charge in [0.2, 0.25) is 0 Å². The highest BCUT2D eigenvalue weighted by Gasteiger charge is 2.38. The van der Waals surface area contributed by atoms with Crippen molar-refractivity contribution in [3.63, 3.8) is 0 Å². The smallest absolute Gasteiger partial charge is 0.192 e. The highest BCUT2D eigenvalue weighted by molar-refractivity contribution is 6.74. The molecule has 0 spiro atoms. The van der Waals surface area contributed by atoms with Crippen molar-refractivity contribution in [1.29, 1.82) is 0 Å². The summed E-state index contributed by atoms with van der Waals surface area (Å²) in [6, 6.07) is 9.56. The minimum Gasteiger partial charge on any atom is -0.624 e. The second kappa shape index (κ2) is 7.42. The molecule has 0 saturated carbocycles. The quantitative estimate of drug-likeness (QED) is 0.251. The molecule has 0 aliphatic carbocycles. The lowest BCUT2D eigenvalue weighted by Gasteiger charge is -2.37. The average Bonchev–Trinajstić information content (AvgIpc) is 2.38. The van der Waals surface area contributed by atoms with E-state index in [9.17, 15) is 5.21 Å². The van der Waals surface area contributed by atoms with Crippen LogP contribution >= 0.6 is 0 Å². The van der Waals surface area contributed by atoms with Crippen LogP contribution in [0.2, 0.25) is 18.1 Å². The number of rotatable bonds is 6. The Morgan fingerprint density at radius 1 is 1.18 bits per heavy atom. The van der Waals surface area contributed by atoms with Gasteiger partial charge in [-0.1, -0.05) is 52.8 Å². The summed E-state index contributed by atoms with van der Waals surface area (Å²) in [5.74, 6) is 0.238. The lowest BCUT2D eigenvalue weighted by Crippen LogP contribution is -2.45. The fourth-order valence-electron chi connectivity index (χ4n) is 1.85. The molecular formula is C18H31NO2Si. The van der Waals surface area contributed by atoms with Crippen LogP contribution in [0, 0.1) is 11.1 Å². The predicted molar refractivity (Wildman–Crippen MR) is 97.0 cm³/mol. The SMILES string of the molecule is CC(C)C(CO[Si](C)(C)C(C)(C)C)/[N+]([O-])=C/c1ccccc1.